The lowest BCUT2D eigenvalue weighted by molar-refractivity contribution is 0.128. The molecule has 0 spiro atoms. The molecule has 0 aromatic rings. The monoisotopic (exact) mass is 223 g/mol. The molecule has 16 heavy (non-hydrogen) atoms. The van der Waals surface area contributed by atoms with E-state index in [0.29, 0.717) is 24.5 Å². The second kappa shape index (κ2) is 6.88. The van der Waals surface area contributed by atoms with E-state index in [0.717, 1.165) is 13.0 Å². The molecule has 2 N–H and O–H groups in total. The van der Waals surface area contributed by atoms with Crippen molar-refractivity contribution in [1.29, 1.82) is 5.26 Å². The number of nitriles is 1. The van der Waals surface area contributed by atoms with Gasteiger partial charge in [-0.25, -0.2) is 0 Å². The van der Waals surface area contributed by atoms with Gasteiger partial charge >= 0.3 is 0 Å². The summed E-state index contributed by atoms with van der Waals surface area (Å²) in [6.45, 7) is 5.27. The Morgan fingerprint density at radius 1 is 1.31 bits per heavy atom. The van der Waals surface area contributed by atoms with Crippen LogP contribution >= 0.6 is 0 Å². The van der Waals surface area contributed by atoms with Gasteiger partial charge in [0.05, 0.1) is 6.07 Å². The molecule has 2 atom stereocenters. The van der Waals surface area contributed by atoms with E-state index in [-0.39, 0.29) is 0 Å². The van der Waals surface area contributed by atoms with E-state index in [1.165, 1.54) is 25.7 Å². The SMILES string of the molecule is CC(C)N(CCC#N)C1CCCCCC1N. The Morgan fingerprint density at radius 3 is 2.62 bits per heavy atom. The molecule has 1 rings (SSSR count). The van der Waals surface area contributed by atoms with Crippen molar-refractivity contribution in [2.24, 2.45) is 5.73 Å². The molecule has 0 aromatic heterocycles. The van der Waals surface area contributed by atoms with Crippen LogP contribution in [0.5, 0.6) is 0 Å². The molecule has 0 amide bonds. The molecule has 0 aliphatic heterocycles. The van der Waals surface area contributed by atoms with E-state index in [2.05, 4.69) is 24.8 Å². The molecule has 0 heterocycles. The third-order valence-electron chi connectivity index (χ3n) is 3.60. The van der Waals surface area contributed by atoms with Crippen LogP contribution in [-0.4, -0.2) is 29.6 Å². The minimum atomic E-state index is 0.295. The van der Waals surface area contributed by atoms with Gasteiger partial charge < -0.3 is 5.73 Å². The van der Waals surface area contributed by atoms with Crippen molar-refractivity contribution in [3.8, 4) is 6.07 Å². The van der Waals surface area contributed by atoms with E-state index in [1.54, 1.807) is 0 Å². The second-order valence-corrected chi connectivity index (χ2v) is 5.11. The van der Waals surface area contributed by atoms with Crippen molar-refractivity contribution in [1.82, 2.24) is 4.90 Å². The molecule has 0 saturated heterocycles. The predicted molar refractivity (Wildman–Crippen MR) is 66.9 cm³/mol. The zero-order valence-corrected chi connectivity index (χ0v) is 10.7. The zero-order chi connectivity index (χ0) is 12.0. The average molecular weight is 223 g/mol. The molecule has 0 aromatic carbocycles. The van der Waals surface area contributed by atoms with Gasteiger partial charge in [-0.2, -0.15) is 5.26 Å². The lowest BCUT2D eigenvalue weighted by atomic mass is 10.0. The van der Waals surface area contributed by atoms with Crippen molar-refractivity contribution in [2.75, 3.05) is 6.54 Å². The standard InChI is InChI=1S/C13H25N3/c1-11(2)16(10-6-9-14)13-8-5-3-4-7-12(13)15/h11-13H,3-8,10,15H2,1-2H3. The maximum atomic E-state index is 8.71. The van der Waals surface area contributed by atoms with Gasteiger partial charge in [-0.05, 0) is 26.7 Å². The van der Waals surface area contributed by atoms with E-state index in [4.69, 9.17) is 11.0 Å². The van der Waals surface area contributed by atoms with Crippen LogP contribution in [-0.2, 0) is 0 Å². The summed E-state index contributed by atoms with van der Waals surface area (Å²) in [4.78, 5) is 2.43. The fourth-order valence-corrected chi connectivity index (χ4v) is 2.71. The third kappa shape index (κ3) is 3.77. The van der Waals surface area contributed by atoms with E-state index in [9.17, 15) is 0 Å². The molecule has 3 nitrogen and oxygen atoms in total. The van der Waals surface area contributed by atoms with Crippen LogP contribution in [0.2, 0.25) is 0 Å². The highest BCUT2D eigenvalue weighted by Gasteiger charge is 2.27. The van der Waals surface area contributed by atoms with Gasteiger partial charge in [-0.1, -0.05) is 19.3 Å². The molecular weight excluding hydrogens is 198 g/mol. The quantitative estimate of drug-likeness (QED) is 0.744. The van der Waals surface area contributed by atoms with Gasteiger partial charge in [-0.15, -0.1) is 0 Å². The van der Waals surface area contributed by atoms with E-state index < -0.39 is 0 Å². The Hall–Kier alpha value is -0.590. The highest BCUT2D eigenvalue weighted by Crippen LogP contribution is 2.23. The number of nitrogens with zero attached hydrogens (tertiary/aromatic N) is 2. The lowest BCUT2D eigenvalue weighted by Gasteiger charge is -2.37. The van der Waals surface area contributed by atoms with Crippen LogP contribution in [0.25, 0.3) is 0 Å². The molecule has 2 unspecified atom stereocenters. The summed E-state index contributed by atoms with van der Waals surface area (Å²) < 4.78 is 0. The first-order valence-corrected chi connectivity index (χ1v) is 6.55. The topological polar surface area (TPSA) is 53.0 Å². The molecule has 1 aliphatic carbocycles. The van der Waals surface area contributed by atoms with E-state index >= 15 is 0 Å². The maximum absolute atomic E-state index is 8.71. The molecule has 0 bridgehead atoms. The van der Waals surface area contributed by atoms with Crippen LogP contribution < -0.4 is 5.73 Å². The molecule has 92 valence electrons. The van der Waals surface area contributed by atoms with Gasteiger partial charge in [-0.3, -0.25) is 4.90 Å². The Bertz CT molecular complexity index is 232. The lowest BCUT2D eigenvalue weighted by Crippen LogP contribution is -2.50. The average Bonchev–Trinajstić information content (AvgIpc) is 2.44. The number of hydrogen-bond acceptors (Lipinski definition) is 3. The first kappa shape index (κ1) is 13.5. The Balaban J connectivity index is 2.63. The minimum Gasteiger partial charge on any atom is -0.326 e. The fraction of sp³-hybridized carbons (Fsp3) is 0.923. The van der Waals surface area contributed by atoms with Gasteiger partial charge in [0.25, 0.3) is 0 Å². The Morgan fingerprint density at radius 2 is 2.00 bits per heavy atom. The predicted octanol–water partition coefficient (Wildman–Crippen LogP) is 2.27. The normalized spacial score (nSPS) is 26.8. The van der Waals surface area contributed by atoms with Crippen molar-refractivity contribution in [2.45, 2.75) is 70.5 Å². The zero-order valence-electron chi connectivity index (χ0n) is 10.7. The van der Waals surface area contributed by atoms with Crippen LogP contribution in [0, 0.1) is 11.3 Å². The smallest absolute Gasteiger partial charge is 0.0635 e. The minimum absolute atomic E-state index is 0.295. The summed E-state index contributed by atoms with van der Waals surface area (Å²) in [5, 5.41) is 8.71. The summed E-state index contributed by atoms with van der Waals surface area (Å²) in [6.07, 6.45) is 6.82. The number of nitrogens with two attached hydrogens (primary N) is 1. The van der Waals surface area contributed by atoms with Crippen molar-refractivity contribution in [3.05, 3.63) is 0 Å². The fourth-order valence-electron chi connectivity index (χ4n) is 2.71. The van der Waals surface area contributed by atoms with Crippen LogP contribution in [0.1, 0.15) is 52.4 Å². The highest BCUT2D eigenvalue weighted by molar-refractivity contribution is 4.87. The Labute approximate surface area is 99.6 Å². The molecular formula is C13H25N3. The van der Waals surface area contributed by atoms with Gasteiger partial charge in [0, 0.05) is 31.1 Å². The van der Waals surface area contributed by atoms with Crippen molar-refractivity contribution < 1.29 is 0 Å². The van der Waals surface area contributed by atoms with Gasteiger partial charge in [0.2, 0.25) is 0 Å². The molecule has 1 aliphatic rings. The molecule has 3 heteroatoms. The van der Waals surface area contributed by atoms with Gasteiger partial charge in [0.1, 0.15) is 0 Å². The van der Waals surface area contributed by atoms with Crippen LogP contribution in [0.4, 0.5) is 0 Å². The van der Waals surface area contributed by atoms with Crippen molar-refractivity contribution in [3.63, 3.8) is 0 Å². The first-order chi connectivity index (χ1) is 7.66. The Kier molecular flexibility index (Phi) is 5.79. The first-order valence-electron chi connectivity index (χ1n) is 6.55. The highest BCUT2D eigenvalue weighted by atomic mass is 15.2. The summed E-state index contributed by atoms with van der Waals surface area (Å²) in [7, 11) is 0. The van der Waals surface area contributed by atoms with Crippen molar-refractivity contribution >= 4 is 0 Å². The summed E-state index contributed by atoms with van der Waals surface area (Å²) in [5.74, 6) is 0. The summed E-state index contributed by atoms with van der Waals surface area (Å²) in [6, 6.07) is 3.51. The second-order valence-electron chi connectivity index (χ2n) is 5.11. The van der Waals surface area contributed by atoms with Crippen LogP contribution in [0.3, 0.4) is 0 Å². The number of rotatable bonds is 4. The molecule has 1 saturated carbocycles. The summed E-state index contributed by atoms with van der Waals surface area (Å²) in [5.41, 5.74) is 6.26. The maximum Gasteiger partial charge on any atom is 0.0635 e. The van der Waals surface area contributed by atoms with Crippen LogP contribution in [0.15, 0.2) is 0 Å². The number of hydrogen-bond donors (Lipinski definition) is 1. The third-order valence-corrected chi connectivity index (χ3v) is 3.60. The molecule has 1 fully saturated rings. The largest absolute Gasteiger partial charge is 0.326 e. The van der Waals surface area contributed by atoms with E-state index in [1.807, 2.05) is 0 Å². The van der Waals surface area contributed by atoms with Gasteiger partial charge in [0.15, 0.2) is 0 Å². The molecule has 0 radical (unpaired) electrons. The summed E-state index contributed by atoms with van der Waals surface area (Å²) >= 11 is 0.